The topological polar surface area (TPSA) is 70.4 Å². The zero-order valence-electron chi connectivity index (χ0n) is 16.8. The van der Waals surface area contributed by atoms with Gasteiger partial charge in [0.1, 0.15) is 5.75 Å². The molecule has 1 aliphatic rings. The van der Waals surface area contributed by atoms with E-state index in [-0.39, 0.29) is 11.8 Å². The van der Waals surface area contributed by atoms with Gasteiger partial charge in [0.2, 0.25) is 12.3 Å². The van der Waals surface area contributed by atoms with Crippen molar-refractivity contribution in [2.75, 3.05) is 7.11 Å². The number of carbonyl (C=O) groups excluding carboxylic acids is 2. The second-order valence-electron chi connectivity index (χ2n) is 7.10. The normalized spacial score (nSPS) is 19.2. The Labute approximate surface area is 185 Å². The summed E-state index contributed by atoms with van der Waals surface area (Å²) in [6, 6.07) is 22.3. The van der Waals surface area contributed by atoms with Gasteiger partial charge >= 0.3 is 5.91 Å². The molecule has 0 unspecified atom stereocenters. The van der Waals surface area contributed by atoms with Gasteiger partial charge in [-0.15, -0.1) is 10.1 Å². The molecule has 0 spiro atoms. The lowest BCUT2D eigenvalue weighted by Crippen LogP contribution is -2.42. The Morgan fingerprint density at radius 2 is 1.71 bits per heavy atom. The van der Waals surface area contributed by atoms with Gasteiger partial charge in [0.25, 0.3) is 5.91 Å². The molecule has 2 atom stereocenters. The van der Waals surface area contributed by atoms with Crippen molar-refractivity contribution in [1.29, 1.82) is 0 Å². The summed E-state index contributed by atoms with van der Waals surface area (Å²) in [7, 11) is 1.61. The molecular formula is C24H21ClN3O3+. The number of rotatable bonds is 5. The van der Waals surface area contributed by atoms with Crippen molar-refractivity contribution in [2.24, 2.45) is 0 Å². The van der Waals surface area contributed by atoms with E-state index in [1.807, 2.05) is 48.7 Å². The summed E-state index contributed by atoms with van der Waals surface area (Å²) in [4.78, 5) is 25.6. The summed E-state index contributed by atoms with van der Waals surface area (Å²) in [6.45, 7) is 0. The SMILES string of the molecule is COc1ccc(/C=[N+]2\NC(=O)[C@@H](NC(=O)c3ccccc3)[C@@H]2c2ccc(Cl)cc2)cc1. The van der Waals surface area contributed by atoms with E-state index < -0.39 is 12.1 Å². The number of halogens is 1. The largest absolute Gasteiger partial charge is 0.497 e. The van der Waals surface area contributed by atoms with Crippen molar-refractivity contribution in [3.8, 4) is 5.75 Å². The molecule has 0 aromatic heterocycles. The van der Waals surface area contributed by atoms with Crippen molar-refractivity contribution in [3.05, 3.63) is 101 Å². The Bertz CT molecular complexity index is 1110. The van der Waals surface area contributed by atoms with Crippen LogP contribution in [0.3, 0.4) is 0 Å². The fourth-order valence-corrected chi connectivity index (χ4v) is 3.63. The number of amides is 2. The van der Waals surface area contributed by atoms with Gasteiger partial charge < -0.3 is 10.1 Å². The molecule has 1 aliphatic heterocycles. The highest BCUT2D eigenvalue weighted by Crippen LogP contribution is 2.27. The van der Waals surface area contributed by atoms with Gasteiger partial charge in [-0.3, -0.25) is 9.59 Å². The Hall–Kier alpha value is -3.64. The summed E-state index contributed by atoms with van der Waals surface area (Å²) < 4.78 is 6.92. The van der Waals surface area contributed by atoms with E-state index in [1.54, 1.807) is 48.2 Å². The lowest BCUT2D eigenvalue weighted by atomic mass is 10.00. The zero-order valence-corrected chi connectivity index (χ0v) is 17.5. The minimum atomic E-state index is -0.789. The highest BCUT2D eigenvalue weighted by Gasteiger charge is 2.47. The molecule has 1 heterocycles. The minimum absolute atomic E-state index is 0.297. The molecule has 4 rings (SSSR count). The summed E-state index contributed by atoms with van der Waals surface area (Å²) >= 11 is 6.06. The first-order valence-corrected chi connectivity index (χ1v) is 10.1. The Morgan fingerprint density at radius 1 is 1.03 bits per heavy atom. The second-order valence-corrected chi connectivity index (χ2v) is 7.54. The number of hydrogen-bond acceptors (Lipinski definition) is 3. The standard InChI is InChI=1S/C24H20ClN3O3/c1-31-20-13-7-16(8-14-20)15-28-22(17-9-11-19(25)12-10-17)21(24(30)27-28)26-23(29)18-5-3-2-4-6-18/h2-15,21-22H,1H3,(H-,26,27,29,30)/p+1/b28-15-/t21-,22-/m0/s1. The third kappa shape index (κ3) is 4.59. The van der Waals surface area contributed by atoms with Crippen molar-refractivity contribution in [2.45, 2.75) is 12.1 Å². The molecule has 2 amide bonds. The number of hydrazone groups is 1. The van der Waals surface area contributed by atoms with Crippen LogP contribution < -0.4 is 15.5 Å². The van der Waals surface area contributed by atoms with Gasteiger partial charge in [-0.05, 0) is 48.5 Å². The molecule has 2 N–H and O–H groups in total. The first-order valence-electron chi connectivity index (χ1n) is 9.74. The molecule has 0 aliphatic carbocycles. The number of nitrogens with one attached hydrogen (secondary N) is 2. The van der Waals surface area contributed by atoms with Crippen LogP contribution in [0.5, 0.6) is 5.75 Å². The smallest absolute Gasteiger partial charge is 0.304 e. The number of methoxy groups -OCH3 is 1. The van der Waals surface area contributed by atoms with E-state index in [4.69, 9.17) is 16.3 Å². The van der Waals surface area contributed by atoms with E-state index in [0.717, 1.165) is 16.9 Å². The molecule has 6 nitrogen and oxygen atoms in total. The van der Waals surface area contributed by atoms with Crippen LogP contribution in [0.25, 0.3) is 0 Å². The van der Waals surface area contributed by atoms with E-state index >= 15 is 0 Å². The molecule has 1 fully saturated rings. The van der Waals surface area contributed by atoms with Crippen LogP contribution in [0, 0.1) is 0 Å². The average molecular weight is 435 g/mol. The van der Waals surface area contributed by atoms with Crippen LogP contribution in [-0.4, -0.2) is 35.9 Å². The molecular weight excluding hydrogens is 414 g/mol. The van der Waals surface area contributed by atoms with Crippen LogP contribution in [0.1, 0.15) is 27.5 Å². The minimum Gasteiger partial charge on any atom is -0.497 e. The molecule has 3 aromatic carbocycles. The molecule has 0 saturated carbocycles. The van der Waals surface area contributed by atoms with Crippen molar-refractivity contribution < 1.29 is 19.0 Å². The van der Waals surface area contributed by atoms with E-state index in [1.165, 1.54) is 0 Å². The fourth-order valence-electron chi connectivity index (χ4n) is 3.51. The van der Waals surface area contributed by atoms with Crippen LogP contribution in [0.4, 0.5) is 0 Å². The average Bonchev–Trinajstić information content (AvgIpc) is 3.10. The number of nitrogens with zero attached hydrogens (tertiary/aromatic N) is 1. The van der Waals surface area contributed by atoms with E-state index in [0.29, 0.717) is 10.6 Å². The van der Waals surface area contributed by atoms with Crippen LogP contribution in [-0.2, 0) is 4.79 Å². The van der Waals surface area contributed by atoms with Gasteiger partial charge in [-0.2, -0.15) is 0 Å². The molecule has 0 bridgehead atoms. The maximum absolute atomic E-state index is 12.9. The van der Waals surface area contributed by atoms with Gasteiger partial charge in [0, 0.05) is 21.7 Å². The summed E-state index contributed by atoms with van der Waals surface area (Å²) in [5, 5.41) is 3.47. The Kier molecular flexibility index (Phi) is 6.00. The number of ether oxygens (including phenoxy) is 1. The number of benzene rings is 3. The first-order chi connectivity index (χ1) is 15.0. The van der Waals surface area contributed by atoms with Crippen LogP contribution in [0.2, 0.25) is 5.02 Å². The van der Waals surface area contributed by atoms with Crippen molar-refractivity contribution in [3.63, 3.8) is 0 Å². The van der Waals surface area contributed by atoms with Gasteiger partial charge in [0.05, 0.1) is 7.11 Å². The Balaban J connectivity index is 1.69. The number of carbonyl (C=O) groups is 2. The molecule has 0 radical (unpaired) electrons. The monoisotopic (exact) mass is 434 g/mol. The number of hydrogen-bond donors (Lipinski definition) is 2. The van der Waals surface area contributed by atoms with Crippen LogP contribution >= 0.6 is 11.6 Å². The maximum Gasteiger partial charge on any atom is 0.304 e. The maximum atomic E-state index is 12.9. The third-order valence-electron chi connectivity index (χ3n) is 5.08. The molecule has 156 valence electrons. The summed E-state index contributed by atoms with van der Waals surface area (Å²) in [5.41, 5.74) is 5.06. The molecule has 7 heteroatoms. The number of hydrazine groups is 1. The zero-order chi connectivity index (χ0) is 21.8. The lowest BCUT2D eigenvalue weighted by Gasteiger charge is -2.15. The van der Waals surface area contributed by atoms with Crippen molar-refractivity contribution in [1.82, 2.24) is 10.7 Å². The third-order valence-corrected chi connectivity index (χ3v) is 5.33. The van der Waals surface area contributed by atoms with Crippen molar-refractivity contribution >= 4 is 29.6 Å². The summed E-state index contributed by atoms with van der Waals surface area (Å²) in [6.07, 6.45) is 1.82. The predicted octanol–water partition coefficient (Wildman–Crippen LogP) is 3.36. The van der Waals surface area contributed by atoms with E-state index in [9.17, 15) is 9.59 Å². The van der Waals surface area contributed by atoms with E-state index in [2.05, 4.69) is 10.7 Å². The molecule has 3 aromatic rings. The highest BCUT2D eigenvalue weighted by molar-refractivity contribution is 6.30. The van der Waals surface area contributed by atoms with Gasteiger partial charge in [-0.1, -0.05) is 41.9 Å². The molecule has 1 saturated heterocycles. The highest BCUT2D eigenvalue weighted by atomic mass is 35.5. The fraction of sp³-hybridized carbons (Fsp3) is 0.125. The van der Waals surface area contributed by atoms with Gasteiger partial charge in [-0.25, -0.2) is 0 Å². The van der Waals surface area contributed by atoms with Gasteiger partial charge in [0.15, 0.2) is 6.04 Å². The predicted molar refractivity (Wildman–Crippen MR) is 118 cm³/mol. The quantitative estimate of drug-likeness (QED) is 0.605. The lowest BCUT2D eigenvalue weighted by molar-refractivity contribution is -0.596. The second kappa shape index (κ2) is 9.02. The summed E-state index contributed by atoms with van der Waals surface area (Å²) in [5.74, 6) is 0.130. The molecule has 31 heavy (non-hydrogen) atoms. The van der Waals surface area contributed by atoms with Crippen LogP contribution in [0.15, 0.2) is 78.9 Å². The Morgan fingerprint density at radius 3 is 2.35 bits per heavy atom. The first kappa shape index (κ1) is 20.6.